The minimum atomic E-state index is -0.526. The molecule has 0 bridgehead atoms. The Morgan fingerprint density at radius 1 is 0.418 bits per heavy atom. The van der Waals surface area contributed by atoms with E-state index >= 15 is 0 Å². The lowest BCUT2D eigenvalue weighted by Crippen LogP contribution is -2.49. The van der Waals surface area contributed by atoms with Crippen LogP contribution >= 0.6 is 0 Å². The van der Waals surface area contributed by atoms with Crippen LogP contribution in [0.5, 0.6) is 0 Å². The third-order valence-corrected chi connectivity index (χ3v) is 13.1. The third kappa shape index (κ3) is 13.9. The summed E-state index contributed by atoms with van der Waals surface area (Å²) in [7, 11) is 0. The molecule has 0 aromatic carbocycles. The maximum Gasteiger partial charge on any atom is 0.0999 e. The topological polar surface area (TPSA) is 92.3 Å². The summed E-state index contributed by atoms with van der Waals surface area (Å²) >= 11 is 0. The summed E-state index contributed by atoms with van der Waals surface area (Å²) in [5, 5.41) is 0. The lowest BCUT2D eigenvalue weighted by atomic mass is 9.88. The van der Waals surface area contributed by atoms with Gasteiger partial charge in [0, 0.05) is 0 Å². The molecule has 6 aliphatic carbocycles. The predicted octanol–water partition coefficient (Wildman–Crippen LogP) is 8.49. The zero-order chi connectivity index (χ0) is 38.2. The number of ether oxygens (including phenoxy) is 10. The zero-order valence-corrected chi connectivity index (χ0v) is 34.5. The molecule has 6 fully saturated rings. The highest BCUT2D eigenvalue weighted by Crippen LogP contribution is 2.35. The van der Waals surface area contributed by atoms with Gasteiger partial charge in [0.15, 0.2) is 0 Å². The molecule has 316 valence electrons. The van der Waals surface area contributed by atoms with Crippen molar-refractivity contribution in [1.29, 1.82) is 0 Å². The van der Waals surface area contributed by atoms with E-state index in [0.29, 0.717) is 103 Å². The van der Waals surface area contributed by atoms with Crippen molar-refractivity contribution in [2.24, 2.45) is 16.2 Å². The first-order valence-corrected chi connectivity index (χ1v) is 22.2. The Kier molecular flexibility index (Phi) is 17.5. The van der Waals surface area contributed by atoms with Gasteiger partial charge in [0.1, 0.15) is 0 Å². The van der Waals surface area contributed by atoms with E-state index in [1.54, 1.807) is 0 Å². The van der Waals surface area contributed by atoms with Crippen molar-refractivity contribution in [3.8, 4) is 0 Å². The quantitative estimate of drug-likeness (QED) is 0.0620. The van der Waals surface area contributed by atoms with Crippen LogP contribution in [0.2, 0.25) is 0 Å². The molecule has 0 spiro atoms. The summed E-state index contributed by atoms with van der Waals surface area (Å²) in [4.78, 5) is 0. The maximum absolute atomic E-state index is 6.90. The van der Waals surface area contributed by atoms with Crippen LogP contribution in [0.3, 0.4) is 0 Å². The minimum Gasteiger partial charge on any atom is -0.501 e. The first-order valence-electron chi connectivity index (χ1n) is 22.2. The molecule has 10 nitrogen and oxygen atoms in total. The van der Waals surface area contributed by atoms with E-state index < -0.39 is 16.2 Å². The van der Waals surface area contributed by atoms with Crippen molar-refractivity contribution < 1.29 is 47.4 Å². The molecule has 0 saturated heterocycles. The van der Waals surface area contributed by atoms with Crippen LogP contribution < -0.4 is 0 Å². The molecule has 0 heterocycles. The van der Waals surface area contributed by atoms with Gasteiger partial charge in [0.25, 0.3) is 0 Å². The summed E-state index contributed by atoms with van der Waals surface area (Å²) in [6.45, 7) is 15.4. The van der Waals surface area contributed by atoms with Crippen molar-refractivity contribution in [3.05, 3.63) is 25.2 Å². The van der Waals surface area contributed by atoms with Crippen LogP contribution in [0.25, 0.3) is 0 Å². The van der Waals surface area contributed by atoms with Gasteiger partial charge < -0.3 is 47.4 Å². The van der Waals surface area contributed by atoms with Crippen LogP contribution in [0, 0.1) is 16.2 Å². The second-order valence-corrected chi connectivity index (χ2v) is 18.5. The minimum absolute atomic E-state index is 0.272. The average Bonchev–Trinajstić information content (AvgIpc) is 3.59. The van der Waals surface area contributed by atoms with Gasteiger partial charge in [-0.2, -0.15) is 0 Å². The molecule has 55 heavy (non-hydrogen) atoms. The SMILES string of the molecule is C=COCC(COCC(COCC(COC(=C)C)(COC1CCC1)COC1CCC1)(COC1CCC1)COC1CCC1)(COC1CCCC1)COC1CCC1. The fourth-order valence-corrected chi connectivity index (χ4v) is 7.74. The number of hydrogen-bond donors (Lipinski definition) is 0. The van der Waals surface area contributed by atoms with E-state index in [0.717, 1.165) is 77.0 Å². The van der Waals surface area contributed by atoms with Crippen molar-refractivity contribution in [2.45, 2.75) is 166 Å². The lowest BCUT2D eigenvalue weighted by molar-refractivity contribution is -0.180. The van der Waals surface area contributed by atoms with Gasteiger partial charge in [0.05, 0.1) is 144 Å². The van der Waals surface area contributed by atoms with Gasteiger partial charge in [-0.1, -0.05) is 26.0 Å². The normalized spacial score (nSPS) is 22.9. The Hall–Kier alpha value is -1.24. The summed E-state index contributed by atoms with van der Waals surface area (Å²) in [5.74, 6) is 0.685. The molecule has 0 aliphatic heterocycles. The van der Waals surface area contributed by atoms with Crippen molar-refractivity contribution in [1.82, 2.24) is 0 Å². The van der Waals surface area contributed by atoms with Crippen LogP contribution in [0.15, 0.2) is 25.2 Å². The Bertz CT molecular complexity index is 1070. The van der Waals surface area contributed by atoms with Crippen LogP contribution in [0.1, 0.15) is 129 Å². The fourth-order valence-electron chi connectivity index (χ4n) is 7.74. The molecule has 1 unspecified atom stereocenters. The standard InChI is InChI=1S/C45H76O10/c1-4-46-24-43(31-51-38-14-7-15-38,30-50-37-12-5-6-13-37)25-47-26-44(32-52-39-16-8-17-39,33-53-40-18-9-19-40)27-48-28-45(29-49-36(2)3,34-54-41-20-10-21-41)35-55-42-22-11-23-42/h4,37-42H,1-2,5-35H2,3H3. The molecule has 6 saturated carbocycles. The molecule has 0 radical (unpaired) electrons. The molecule has 0 N–H and O–H groups in total. The van der Waals surface area contributed by atoms with Gasteiger partial charge in [-0.3, -0.25) is 0 Å². The molecule has 6 rings (SSSR count). The van der Waals surface area contributed by atoms with Crippen molar-refractivity contribution in [3.63, 3.8) is 0 Å². The molecule has 1 atom stereocenters. The molecule has 0 amide bonds. The van der Waals surface area contributed by atoms with Crippen molar-refractivity contribution in [2.75, 3.05) is 79.3 Å². The molecule has 0 aromatic rings. The van der Waals surface area contributed by atoms with Crippen LogP contribution in [-0.4, -0.2) is 116 Å². The van der Waals surface area contributed by atoms with Crippen molar-refractivity contribution >= 4 is 0 Å². The average molecular weight is 777 g/mol. The summed E-state index contributed by atoms with van der Waals surface area (Å²) in [6.07, 6.45) is 25.0. The number of allylic oxidation sites excluding steroid dienone is 1. The highest BCUT2D eigenvalue weighted by atomic mass is 16.6. The summed E-state index contributed by atoms with van der Waals surface area (Å²) in [5.41, 5.74) is -1.48. The molecule has 10 heteroatoms. The largest absolute Gasteiger partial charge is 0.501 e. The van der Waals surface area contributed by atoms with E-state index in [9.17, 15) is 0 Å². The Balaban J connectivity index is 1.17. The second kappa shape index (κ2) is 22.2. The van der Waals surface area contributed by atoms with Gasteiger partial charge >= 0.3 is 0 Å². The Labute approximate surface area is 333 Å². The van der Waals surface area contributed by atoms with Crippen LogP contribution in [0.4, 0.5) is 0 Å². The van der Waals surface area contributed by atoms with Gasteiger partial charge in [-0.15, -0.1) is 0 Å². The maximum atomic E-state index is 6.90. The highest BCUT2D eigenvalue weighted by molar-refractivity contribution is 4.89. The number of rotatable bonds is 32. The third-order valence-electron chi connectivity index (χ3n) is 13.1. The van der Waals surface area contributed by atoms with E-state index in [-0.39, 0.29) is 18.3 Å². The smallest absolute Gasteiger partial charge is 0.0999 e. The first kappa shape index (κ1) is 43.3. The van der Waals surface area contributed by atoms with Crippen LogP contribution in [-0.2, 0) is 47.4 Å². The van der Waals surface area contributed by atoms with E-state index in [2.05, 4.69) is 13.2 Å². The first-order chi connectivity index (χ1) is 26.9. The summed E-state index contributed by atoms with van der Waals surface area (Å²) < 4.78 is 65.3. The molecule has 0 aromatic heterocycles. The second-order valence-electron chi connectivity index (χ2n) is 18.5. The molecular formula is C45H76O10. The predicted molar refractivity (Wildman–Crippen MR) is 212 cm³/mol. The lowest BCUT2D eigenvalue weighted by Gasteiger charge is -2.41. The van der Waals surface area contributed by atoms with E-state index in [4.69, 9.17) is 47.4 Å². The molecule has 6 aliphatic rings. The highest BCUT2D eigenvalue weighted by Gasteiger charge is 2.42. The van der Waals surface area contributed by atoms with E-state index in [1.807, 2.05) is 6.92 Å². The molecular weight excluding hydrogens is 700 g/mol. The summed E-state index contributed by atoms with van der Waals surface area (Å²) in [6, 6.07) is 0. The Morgan fingerprint density at radius 3 is 0.945 bits per heavy atom. The zero-order valence-electron chi connectivity index (χ0n) is 34.5. The van der Waals surface area contributed by atoms with Gasteiger partial charge in [-0.05, 0) is 116 Å². The van der Waals surface area contributed by atoms with Gasteiger partial charge in [-0.25, -0.2) is 0 Å². The number of hydrogen-bond acceptors (Lipinski definition) is 10. The van der Waals surface area contributed by atoms with E-state index in [1.165, 1.54) is 51.2 Å². The van der Waals surface area contributed by atoms with Gasteiger partial charge in [0.2, 0.25) is 0 Å². The fraction of sp³-hybridized carbons (Fsp3) is 0.911. The Morgan fingerprint density at radius 2 is 0.691 bits per heavy atom. The monoisotopic (exact) mass is 777 g/mol.